The van der Waals surface area contributed by atoms with E-state index in [1.54, 1.807) is 0 Å². The zero-order valence-electron chi connectivity index (χ0n) is 16.6. The Morgan fingerprint density at radius 1 is 1.07 bits per heavy atom. The van der Waals surface area contributed by atoms with E-state index in [0.29, 0.717) is 19.3 Å². The summed E-state index contributed by atoms with van der Waals surface area (Å²) in [4.78, 5) is 15.9. The van der Waals surface area contributed by atoms with E-state index in [1.807, 2.05) is 18.2 Å². The number of hydrogen-bond acceptors (Lipinski definition) is 3. The minimum absolute atomic E-state index is 0.168. The van der Waals surface area contributed by atoms with Crippen molar-refractivity contribution in [3.63, 3.8) is 0 Å². The molecule has 2 heterocycles. The van der Waals surface area contributed by atoms with Gasteiger partial charge in [-0.25, -0.2) is 0 Å². The normalized spacial score (nSPS) is 23.2. The highest BCUT2D eigenvalue weighted by Gasteiger charge is 2.43. The molecule has 1 N–H and O–H groups in total. The second-order valence-corrected chi connectivity index (χ2v) is 8.10. The summed E-state index contributed by atoms with van der Waals surface area (Å²) >= 11 is 0. The summed E-state index contributed by atoms with van der Waals surface area (Å²) in [7, 11) is 0. The lowest BCUT2D eigenvalue weighted by atomic mass is 9.73. The molecule has 2 aliphatic rings. The Morgan fingerprint density at radius 3 is 2.39 bits per heavy atom. The monoisotopic (exact) mass is 378 g/mol. The Hall–Kier alpha value is -2.17. The van der Waals surface area contributed by atoms with Crippen LogP contribution in [-0.2, 0) is 14.9 Å². The number of benzene rings is 2. The SMILES string of the molecule is CC(c1ccccc1)N1CCC(NC(=O)C2(c3ccccc3)CCOCC2)C1. The minimum atomic E-state index is -0.460. The molecule has 0 saturated carbocycles. The van der Waals surface area contributed by atoms with E-state index >= 15 is 0 Å². The van der Waals surface area contributed by atoms with Gasteiger partial charge in [-0.1, -0.05) is 60.7 Å². The molecule has 1 amide bonds. The smallest absolute Gasteiger partial charge is 0.231 e. The van der Waals surface area contributed by atoms with E-state index < -0.39 is 5.41 Å². The number of amides is 1. The molecule has 2 aliphatic heterocycles. The summed E-state index contributed by atoms with van der Waals surface area (Å²) in [5.74, 6) is 0.168. The van der Waals surface area contributed by atoms with Gasteiger partial charge < -0.3 is 10.1 Å². The van der Waals surface area contributed by atoms with Gasteiger partial charge in [-0.05, 0) is 37.3 Å². The third kappa shape index (κ3) is 3.85. The topological polar surface area (TPSA) is 41.6 Å². The highest BCUT2D eigenvalue weighted by atomic mass is 16.5. The van der Waals surface area contributed by atoms with Crippen LogP contribution < -0.4 is 5.32 Å². The van der Waals surface area contributed by atoms with Gasteiger partial charge >= 0.3 is 0 Å². The van der Waals surface area contributed by atoms with Crippen LogP contribution in [-0.4, -0.2) is 43.2 Å². The van der Waals surface area contributed by atoms with Crippen molar-refractivity contribution in [1.29, 1.82) is 0 Å². The van der Waals surface area contributed by atoms with Crippen molar-refractivity contribution in [2.45, 2.75) is 43.7 Å². The van der Waals surface area contributed by atoms with Crippen LogP contribution in [0.25, 0.3) is 0 Å². The van der Waals surface area contributed by atoms with Crippen LogP contribution in [0.4, 0.5) is 0 Å². The molecule has 4 rings (SSSR count). The number of carbonyl (C=O) groups is 1. The van der Waals surface area contributed by atoms with E-state index in [2.05, 4.69) is 59.6 Å². The number of hydrogen-bond donors (Lipinski definition) is 1. The third-order valence-corrected chi connectivity index (χ3v) is 6.49. The Morgan fingerprint density at radius 2 is 1.71 bits per heavy atom. The van der Waals surface area contributed by atoms with Gasteiger partial charge in [0.15, 0.2) is 0 Å². The second-order valence-electron chi connectivity index (χ2n) is 8.10. The standard InChI is InChI=1S/C24H30N2O2/c1-19(20-8-4-2-5-9-20)26-15-12-22(18-26)25-23(27)24(13-16-28-17-14-24)21-10-6-3-7-11-21/h2-11,19,22H,12-18H2,1H3,(H,25,27). The molecule has 28 heavy (non-hydrogen) atoms. The van der Waals surface area contributed by atoms with Gasteiger partial charge in [0, 0.05) is 38.4 Å². The maximum atomic E-state index is 13.4. The second kappa shape index (κ2) is 8.46. The van der Waals surface area contributed by atoms with Gasteiger partial charge in [-0.3, -0.25) is 9.69 Å². The average Bonchev–Trinajstić information content (AvgIpc) is 3.23. The Bertz CT molecular complexity index is 772. The van der Waals surface area contributed by atoms with Crippen LogP contribution >= 0.6 is 0 Å². The number of likely N-dealkylation sites (tertiary alicyclic amines) is 1. The number of rotatable bonds is 5. The summed E-state index contributed by atoms with van der Waals surface area (Å²) in [6.07, 6.45) is 2.50. The van der Waals surface area contributed by atoms with Crippen molar-refractivity contribution < 1.29 is 9.53 Å². The first kappa shape index (κ1) is 19.2. The Balaban J connectivity index is 1.44. The molecule has 2 unspecified atom stereocenters. The lowest BCUT2D eigenvalue weighted by Gasteiger charge is -2.37. The highest BCUT2D eigenvalue weighted by Crippen LogP contribution is 2.35. The van der Waals surface area contributed by atoms with Crippen molar-refractivity contribution in [1.82, 2.24) is 10.2 Å². The zero-order chi connectivity index (χ0) is 19.4. The van der Waals surface area contributed by atoms with Crippen molar-refractivity contribution in [3.05, 3.63) is 71.8 Å². The predicted octanol–water partition coefficient (Wildman–Crippen LogP) is 3.69. The molecule has 2 aromatic carbocycles. The quantitative estimate of drug-likeness (QED) is 0.863. The van der Waals surface area contributed by atoms with Crippen molar-refractivity contribution in [3.8, 4) is 0 Å². The molecule has 0 bridgehead atoms. The first-order valence-corrected chi connectivity index (χ1v) is 10.4. The van der Waals surface area contributed by atoms with Gasteiger partial charge in [-0.2, -0.15) is 0 Å². The first-order chi connectivity index (χ1) is 13.7. The van der Waals surface area contributed by atoms with Crippen LogP contribution in [0.2, 0.25) is 0 Å². The van der Waals surface area contributed by atoms with Crippen LogP contribution in [0.5, 0.6) is 0 Å². The van der Waals surface area contributed by atoms with E-state index in [-0.39, 0.29) is 11.9 Å². The third-order valence-electron chi connectivity index (χ3n) is 6.49. The summed E-state index contributed by atoms with van der Waals surface area (Å²) in [5, 5.41) is 3.39. The van der Waals surface area contributed by atoms with Crippen molar-refractivity contribution in [2.24, 2.45) is 0 Å². The highest BCUT2D eigenvalue weighted by molar-refractivity contribution is 5.88. The molecule has 0 spiro atoms. The maximum absolute atomic E-state index is 13.4. The molecule has 4 nitrogen and oxygen atoms in total. The lowest BCUT2D eigenvalue weighted by Crippen LogP contribution is -2.51. The molecule has 2 saturated heterocycles. The first-order valence-electron chi connectivity index (χ1n) is 10.4. The van der Waals surface area contributed by atoms with Gasteiger partial charge in [-0.15, -0.1) is 0 Å². The Labute approximate surface area is 167 Å². The zero-order valence-corrected chi connectivity index (χ0v) is 16.6. The van der Waals surface area contributed by atoms with Crippen molar-refractivity contribution in [2.75, 3.05) is 26.3 Å². The molecule has 0 aliphatic carbocycles. The fraction of sp³-hybridized carbons (Fsp3) is 0.458. The van der Waals surface area contributed by atoms with Crippen LogP contribution in [0.1, 0.15) is 43.4 Å². The number of nitrogens with zero attached hydrogens (tertiary/aromatic N) is 1. The van der Waals surface area contributed by atoms with E-state index in [0.717, 1.165) is 37.9 Å². The van der Waals surface area contributed by atoms with Crippen LogP contribution in [0.15, 0.2) is 60.7 Å². The van der Waals surface area contributed by atoms with Gasteiger partial charge in [0.1, 0.15) is 0 Å². The summed E-state index contributed by atoms with van der Waals surface area (Å²) in [6, 6.07) is 21.4. The molecule has 2 fully saturated rings. The fourth-order valence-electron chi connectivity index (χ4n) is 4.65. The summed E-state index contributed by atoms with van der Waals surface area (Å²) in [6.45, 7) is 5.46. The van der Waals surface area contributed by atoms with Gasteiger partial charge in [0.2, 0.25) is 5.91 Å². The maximum Gasteiger partial charge on any atom is 0.231 e. The van der Waals surface area contributed by atoms with Crippen molar-refractivity contribution >= 4 is 5.91 Å². The molecule has 4 heteroatoms. The van der Waals surface area contributed by atoms with Gasteiger partial charge in [0.25, 0.3) is 0 Å². The predicted molar refractivity (Wildman–Crippen MR) is 111 cm³/mol. The summed E-state index contributed by atoms with van der Waals surface area (Å²) in [5.41, 5.74) is 1.99. The molecule has 0 aromatic heterocycles. The fourth-order valence-corrected chi connectivity index (χ4v) is 4.65. The number of ether oxygens (including phenoxy) is 1. The Kier molecular flexibility index (Phi) is 5.79. The molecular weight excluding hydrogens is 348 g/mol. The molecular formula is C24H30N2O2. The molecule has 0 radical (unpaired) electrons. The van der Waals surface area contributed by atoms with E-state index in [1.165, 1.54) is 5.56 Å². The largest absolute Gasteiger partial charge is 0.381 e. The molecule has 2 atom stereocenters. The molecule has 2 aromatic rings. The summed E-state index contributed by atoms with van der Waals surface area (Å²) < 4.78 is 5.58. The van der Waals surface area contributed by atoms with Gasteiger partial charge in [0.05, 0.1) is 5.41 Å². The average molecular weight is 379 g/mol. The lowest BCUT2D eigenvalue weighted by molar-refractivity contribution is -0.131. The van der Waals surface area contributed by atoms with Crippen LogP contribution in [0.3, 0.4) is 0 Å². The van der Waals surface area contributed by atoms with Crippen LogP contribution in [0, 0.1) is 0 Å². The minimum Gasteiger partial charge on any atom is -0.381 e. The number of nitrogens with one attached hydrogen (secondary N) is 1. The number of carbonyl (C=O) groups excluding carboxylic acids is 1. The van der Waals surface area contributed by atoms with E-state index in [9.17, 15) is 4.79 Å². The molecule has 148 valence electrons. The van der Waals surface area contributed by atoms with E-state index in [4.69, 9.17) is 4.74 Å².